The van der Waals surface area contributed by atoms with E-state index in [1.54, 1.807) is 17.0 Å². The summed E-state index contributed by atoms with van der Waals surface area (Å²) in [5, 5.41) is 0. The van der Waals surface area contributed by atoms with E-state index in [1.807, 2.05) is 35.2 Å². The van der Waals surface area contributed by atoms with Crippen LogP contribution >= 0.6 is 0 Å². The Kier molecular flexibility index (Phi) is 7.82. The molecule has 0 spiro atoms. The van der Waals surface area contributed by atoms with Gasteiger partial charge >= 0.3 is 12.0 Å². The third-order valence-electron chi connectivity index (χ3n) is 5.51. The van der Waals surface area contributed by atoms with Crippen molar-refractivity contribution in [1.82, 2.24) is 4.90 Å². The standard InChI is InChI=1S/C24H29FN2O3/c1-30-23(28)12-8-3-2-4-9-17-26-18-22(19-10-6-5-7-11-19)27(24(26)29)21-15-13-20(25)14-16-21/h5-7,10-11,13-16,22H,2-4,8-9,12,17-18H2,1H3. The van der Waals surface area contributed by atoms with Crippen molar-refractivity contribution in [2.24, 2.45) is 0 Å². The number of amides is 2. The fourth-order valence-corrected chi connectivity index (χ4v) is 3.87. The minimum absolute atomic E-state index is 0.0406. The Hall–Kier alpha value is -2.89. The first-order chi connectivity index (χ1) is 14.6. The summed E-state index contributed by atoms with van der Waals surface area (Å²) in [5.74, 6) is -0.476. The van der Waals surface area contributed by atoms with Crippen LogP contribution in [0.2, 0.25) is 0 Å². The Morgan fingerprint density at radius 2 is 1.67 bits per heavy atom. The molecule has 2 aromatic carbocycles. The summed E-state index contributed by atoms with van der Waals surface area (Å²) in [4.78, 5) is 27.9. The highest BCUT2D eigenvalue weighted by molar-refractivity contribution is 5.95. The quantitative estimate of drug-likeness (QED) is 0.392. The first-order valence-electron chi connectivity index (χ1n) is 10.6. The topological polar surface area (TPSA) is 49.9 Å². The summed E-state index contributed by atoms with van der Waals surface area (Å²) in [6.45, 7) is 1.30. The van der Waals surface area contributed by atoms with Gasteiger partial charge in [0.05, 0.1) is 13.2 Å². The molecule has 1 unspecified atom stereocenters. The fraction of sp³-hybridized carbons (Fsp3) is 0.417. The molecule has 0 radical (unpaired) electrons. The zero-order valence-electron chi connectivity index (χ0n) is 17.4. The predicted molar refractivity (Wildman–Crippen MR) is 115 cm³/mol. The van der Waals surface area contributed by atoms with Crippen molar-refractivity contribution in [3.8, 4) is 0 Å². The lowest BCUT2D eigenvalue weighted by molar-refractivity contribution is -0.140. The number of anilines is 1. The number of ether oxygens (including phenoxy) is 1. The Balaban J connectivity index is 1.58. The van der Waals surface area contributed by atoms with Crippen LogP contribution in [0.25, 0.3) is 0 Å². The van der Waals surface area contributed by atoms with Gasteiger partial charge < -0.3 is 9.64 Å². The molecule has 2 aromatic rings. The highest BCUT2D eigenvalue weighted by Crippen LogP contribution is 2.34. The van der Waals surface area contributed by atoms with Crippen LogP contribution in [-0.2, 0) is 9.53 Å². The van der Waals surface area contributed by atoms with Crippen molar-refractivity contribution >= 4 is 17.7 Å². The molecule has 160 valence electrons. The maximum absolute atomic E-state index is 13.4. The highest BCUT2D eigenvalue weighted by Gasteiger charge is 2.38. The van der Waals surface area contributed by atoms with Crippen LogP contribution in [0.15, 0.2) is 54.6 Å². The number of unbranched alkanes of at least 4 members (excludes halogenated alkanes) is 4. The van der Waals surface area contributed by atoms with Crippen LogP contribution < -0.4 is 4.90 Å². The van der Waals surface area contributed by atoms with Gasteiger partial charge in [-0.1, -0.05) is 49.6 Å². The minimum Gasteiger partial charge on any atom is -0.469 e. The highest BCUT2D eigenvalue weighted by atomic mass is 19.1. The van der Waals surface area contributed by atoms with Gasteiger partial charge in [0.15, 0.2) is 0 Å². The summed E-state index contributed by atoms with van der Waals surface area (Å²) in [6.07, 6.45) is 5.25. The zero-order valence-corrected chi connectivity index (χ0v) is 17.4. The molecule has 30 heavy (non-hydrogen) atoms. The monoisotopic (exact) mass is 412 g/mol. The van der Waals surface area contributed by atoms with Gasteiger partial charge in [-0.2, -0.15) is 0 Å². The molecule has 1 saturated heterocycles. The van der Waals surface area contributed by atoms with Gasteiger partial charge in [0.25, 0.3) is 0 Å². The summed E-state index contributed by atoms with van der Waals surface area (Å²) < 4.78 is 18.0. The average molecular weight is 413 g/mol. The van der Waals surface area contributed by atoms with Gasteiger partial charge in [-0.15, -0.1) is 0 Å². The molecular formula is C24H29FN2O3. The van der Waals surface area contributed by atoms with Gasteiger partial charge in [0.1, 0.15) is 5.82 Å². The van der Waals surface area contributed by atoms with E-state index in [2.05, 4.69) is 4.74 Å². The number of urea groups is 1. The third kappa shape index (κ3) is 5.59. The van der Waals surface area contributed by atoms with Crippen LogP contribution in [0, 0.1) is 5.82 Å². The number of carbonyl (C=O) groups excluding carboxylic acids is 2. The molecule has 1 heterocycles. The fourth-order valence-electron chi connectivity index (χ4n) is 3.87. The molecule has 1 fully saturated rings. The number of carbonyl (C=O) groups is 2. The van der Waals surface area contributed by atoms with Gasteiger partial charge in [-0.25, -0.2) is 9.18 Å². The Bertz CT molecular complexity index is 826. The maximum Gasteiger partial charge on any atom is 0.325 e. The predicted octanol–water partition coefficient (Wildman–Crippen LogP) is 5.32. The molecule has 5 nitrogen and oxygen atoms in total. The summed E-state index contributed by atoms with van der Waals surface area (Å²) >= 11 is 0. The molecule has 3 rings (SSSR count). The molecule has 1 aliphatic heterocycles. The van der Waals surface area contributed by atoms with E-state index < -0.39 is 0 Å². The molecular weight excluding hydrogens is 383 g/mol. The minimum atomic E-state index is -0.314. The lowest BCUT2D eigenvalue weighted by Gasteiger charge is -2.23. The number of nitrogens with zero attached hydrogens (tertiary/aromatic N) is 2. The van der Waals surface area contributed by atoms with Crippen LogP contribution in [0.5, 0.6) is 0 Å². The smallest absolute Gasteiger partial charge is 0.325 e. The number of hydrogen-bond acceptors (Lipinski definition) is 3. The lowest BCUT2D eigenvalue weighted by atomic mass is 10.1. The molecule has 0 bridgehead atoms. The van der Waals surface area contributed by atoms with E-state index in [1.165, 1.54) is 19.2 Å². The number of halogens is 1. The second kappa shape index (κ2) is 10.8. The van der Waals surface area contributed by atoms with E-state index in [0.717, 1.165) is 37.7 Å². The van der Waals surface area contributed by atoms with Gasteiger partial charge in [0, 0.05) is 25.2 Å². The van der Waals surface area contributed by atoms with Crippen LogP contribution in [0.1, 0.15) is 50.1 Å². The molecule has 1 atom stereocenters. The SMILES string of the molecule is COC(=O)CCCCCCCN1CC(c2ccccc2)N(c2ccc(F)cc2)C1=O. The number of benzene rings is 2. The second-order valence-corrected chi connectivity index (χ2v) is 7.60. The first-order valence-corrected chi connectivity index (χ1v) is 10.6. The molecule has 0 aromatic heterocycles. The molecule has 1 aliphatic rings. The van der Waals surface area contributed by atoms with Crippen molar-refractivity contribution in [2.45, 2.75) is 44.6 Å². The van der Waals surface area contributed by atoms with Gasteiger partial charge in [0.2, 0.25) is 0 Å². The average Bonchev–Trinajstić information content (AvgIpc) is 3.10. The van der Waals surface area contributed by atoms with Crippen LogP contribution in [0.3, 0.4) is 0 Å². The van der Waals surface area contributed by atoms with Crippen LogP contribution in [-0.4, -0.2) is 37.1 Å². The van der Waals surface area contributed by atoms with Crippen molar-refractivity contribution in [1.29, 1.82) is 0 Å². The number of rotatable bonds is 10. The van der Waals surface area contributed by atoms with E-state index in [0.29, 0.717) is 25.2 Å². The number of esters is 1. The summed E-state index contributed by atoms with van der Waals surface area (Å²) in [7, 11) is 1.41. The molecule has 0 aliphatic carbocycles. The second-order valence-electron chi connectivity index (χ2n) is 7.60. The number of methoxy groups -OCH3 is 1. The van der Waals surface area contributed by atoms with Gasteiger partial charge in [-0.05, 0) is 42.7 Å². The molecule has 0 N–H and O–H groups in total. The van der Waals surface area contributed by atoms with Crippen molar-refractivity contribution in [3.63, 3.8) is 0 Å². The maximum atomic E-state index is 13.4. The third-order valence-corrected chi connectivity index (χ3v) is 5.51. The molecule has 2 amide bonds. The van der Waals surface area contributed by atoms with E-state index in [4.69, 9.17) is 0 Å². The van der Waals surface area contributed by atoms with Gasteiger partial charge in [-0.3, -0.25) is 9.69 Å². The number of hydrogen-bond donors (Lipinski definition) is 0. The van der Waals surface area contributed by atoms with E-state index in [9.17, 15) is 14.0 Å². The summed E-state index contributed by atoms with van der Waals surface area (Å²) in [6, 6.07) is 15.9. The van der Waals surface area contributed by atoms with Crippen molar-refractivity contribution in [3.05, 3.63) is 66.0 Å². The Morgan fingerprint density at radius 1 is 1.00 bits per heavy atom. The van der Waals surface area contributed by atoms with E-state index >= 15 is 0 Å². The zero-order chi connectivity index (χ0) is 21.3. The molecule has 0 saturated carbocycles. The Morgan fingerprint density at radius 3 is 2.37 bits per heavy atom. The van der Waals surface area contributed by atoms with Crippen molar-refractivity contribution < 1.29 is 18.7 Å². The largest absolute Gasteiger partial charge is 0.469 e. The Labute approximate surface area is 177 Å². The lowest BCUT2D eigenvalue weighted by Crippen LogP contribution is -2.33. The normalized spacial score (nSPS) is 16.2. The van der Waals surface area contributed by atoms with E-state index in [-0.39, 0.29) is 23.9 Å². The molecule has 6 heteroatoms. The summed E-state index contributed by atoms with van der Waals surface area (Å²) in [5.41, 5.74) is 1.78. The van der Waals surface area contributed by atoms with Crippen LogP contribution in [0.4, 0.5) is 14.9 Å². The first kappa shape index (κ1) is 21.8. The van der Waals surface area contributed by atoms with Crippen molar-refractivity contribution in [2.75, 3.05) is 25.1 Å².